The maximum Gasteiger partial charge on any atom is 0.413 e. The van der Waals surface area contributed by atoms with Crippen LogP contribution in [0.25, 0.3) is 0 Å². The molecule has 0 saturated carbocycles. The molecular formula is C19H26N2O5. The number of carboxylic acid groups (broad SMARTS) is 1. The number of carbonyl (C=O) groups excluding carboxylic acids is 1. The van der Waals surface area contributed by atoms with Crippen molar-refractivity contribution in [1.29, 1.82) is 0 Å². The van der Waals surface area contributed by atoms with Crippen molar-refractivity contribution >= 4 is 12.1 Å². The topological polar surface area (TPSA) is 99.1 Å². The zero-order chi connectivity index (χ0) is 18.7. The van der Waals surface area contributed by atoms with Gasteiger partial charge in [-0.2, -0.15) is 0 Å². The van der Waals surface area contributed by atoms with Crippen molar-refractivity contribution < 1.29 is 24.5 Å². The average Bonchev–Trinajstić information content (AvgIpc) is 2.62. The van der Waals surface area contributed by atoms with Crippen molar-refractivity contribution in [3.05, 3.63) is 23.3 Å². The molecule has 0 bridgehead atoms. The molecule has 1 aromatic carbocycles. The summed E-state index contributed by atoms with van der Waals surface area (Å²) in [5.74, 6) is -0.577. The number of amides is 1. The van der Waals surface area contributed by atoms with Crippen LogP contribution in [0.3, 0.4) is 0 Å². The number of rotatable bonds is 5. The van der Waals surface area contributed by atoms with E-state index >= 15 is 0 Å². The molecule has 1 unspecified atom stereocenters. The van der Waals surface area contributed by atoms with Crippen molar-refractivity contribution in [2.24, 2.45) is 5.92 Å². The highest BCUT2D eigenvalue weighted by Gasteiger charge is 2.36. The smallest absolute Gasteiger partial charge is 0.413 e. The molecule has 2 atom stereocenters. The van der Waals surface area contributed by atoms with Crippen LogP contribution in [-0.4, -0.2) is 52.9 Å². The number of likely N-dealkylation sites (tertiary alicyclic amines) is 1. The number of phenols is 1. The summed E-state index contributed by atoms with van der Waals surface area (Å²) in [5.41, 5.74) is 1.96. The van der Waals surface area contributed by atoms with Crippen LogP contribution in [0.2, 0.25) is 0 Å². The van der Waals surface area contributed by atoms with Crippen LogP contribution >= 0.6 is 0 Å². The highest BCUT2D eigenvalue weighted by atomic mass is 16.6. The molecule has 1 saturated heterocycles. The van der Waals surface area contributed by atoms with Gasteiger partial charge in [0.1, 0.15) is 6.54 Å². The first kappa shape index (κ1) is 18.5. The maximum atomic E-state index is 11.7. The zero-order valence-electron chi connectivity index (χ0n) is 15.0. The zero-order valence-corrected chi connectivity index (χ0v) is 15.0. The average molecular weight is 362 g/mol. The van der Waals surface area contributed by atoms with Crippen molar-refractivity contribution in [2.45, 2.75) is 45.1 Å². The van der Waals surface area contributed by atoms with Crippen molar-refractivity contribution in [3.63, 3.8) is 0 Å². The second-order valence-corrected chi connectivity index (χ2v) is 7.10. The highest BCUT2D eigenvalue weighted by molar-refractivity contribution is 5.78. The molecule has 26 heavy (non-hydrogen) atoms. The molecule has 1 aromatic rings. The Bertz CT molecular complexity index is 689. The maximum absolute atomic E-state index is 11.7. The molecule has 0 aromatic heterocycles. The molecule has 142 valence electrons. The summed E-state index contributed by atoms with van der Waals surface area (Å²) in [7, 11) is 0. The molecule has 1 fully saturated rings. The van der Waals surface area contributed by atoms with Crippen LogP contribution in [0.1, 0.15) is 37.3 Å². The highest BCUT2D eigenvalue weighted by Crippen LogP contribution is 2.42. The number of benzene rings is 1. The van der Waals surface area contributed by atoms with Crippen LogP contribution in [-0.2, 0) is 17.6 Å². The number of carboxylic acids is 1. The van der Waals surface area contributed by atoms with Gasteiger partial charge in [-0.05, 0) is 62.7 Å². The lowest BCUT2D eigenvalue weighted by molar-refractivity contribution is -0.135. The fourth-order valence-corrected chi connectivity index (χ4v) is 4.24. The first-order valence-electron chi connectivity index (χ1n) is 9.24. The number of aromatic hydroxyl groups is 1. The molecule has 1 aliphatic carbocycles. The third-order valence-corrected chi connectivity index (χ3v) is 5.37. The van der Waals surface area contributed by atoms with E-state index in [1.807, 2.05) is 6.07 Å². The number of fused-ring (bicyclic) bond motifs is 2. The van der Waals surface area contributed by atoms with Gasteiger partial charge in [0.25, 0.3) is 0 Å². The predicted molar refractivity (Wildman–Crippen MR) is 95.6 cm³/mol. The minimum atomic E-state index is -1.16. The predicted octanol–water partition coefficient (Wildman–Crippen LogP) is 2.15. The van der Waals surface area contributed by atoms with E-state index in [9.17, 15) is 14.7 Å². The summed E-state index contributed by atoms with van der Waals surface area (Å²) in [6.45, 7) is 3.92. The first-order chi connectivity index (χ1) is 12.5. The van der Waals surface area contributed by atoms with Crippen LogP contribution < -0.4 is 10.1 Å². The number of nitrogens with zero attached hydrogens (tertiary/aromatic N) is 1. The molecule has 3 N–H and O–H groups in total. The molecule has 7 heteroatoms. The number of hydrogen-bond donors (Lipinski definition) is 3. The largest absolute Gasteiger partial charge is 0.504 e. The standard InChI is InChI=1S/C19H26N2O5/c1-2-7-21-8-3-4-13-9-14-12(10-15(13)21)5-6-16(18(14)24)26-19(25)20-11-17(22)23/h5-6,13,15,24H,2-4,7-11H2,1H3,(H,20,25)(H,22,23)/t13-,15?/m1/s1. The van der Waals surface area contributed by atoms with Gasteiger partial charge >= 0.3 is 12.1 Å². The molecule has 0 spiro atoms. The number of hydrogen-bond acceptors (Lipinski definition) is 5. The Hall–Kier alpha value is -2.28. The van der Waals surface area contributed by atoms with Crippen molar-refractivity contribution in [1.82, 2.24) is 10.2 Å². The minimum absolute atomic E-state index is 0.000889. The van der Waals surface area contributed by atoms with E-state index in [4.69, 9.17) is 9.84 Å². The van der Waals surface area contributed by atoms with E-state index in [1.165, 1.54) is 6.42 Å². The number of ether oxygens (including phenoxy) is 1. The van der Waals surface area contributed by atoms with Gasteiger partial charge in [-0.1, -0.05) is 13.0 Å². The summed E-state index contributed by atoms with van der Waals surface area (Å²) < 4.78 is 5.08. The first-order valence-corrected chi connectivity index (χ1v) is 9.24. The Kier molecular flexibility index (Phi) is 5.66. The number of phenolic OH excluding ortho intramolecular Hbond substituents is 1. The van der Waals surface area contributed by atoms with Gasteiger partial charge in [0.2, 0.25) is 0 Å². The summed E-state index contributed by atoms with van der Waals surface area (Å²) in [5, 5.41) is 21.3. The molecule has 7 nitrogen and oxygen atoms in total. The number of piperidine rings is 1. The third kappa shape index (κ3) is 3.93. The van der Waals surface area contributed by atoms with Gasteiger partial charge in [-0.25, -0.2) is 4.79 Å². The van der Waals surface area contributed by atoms with Gasteiger partial charge in [-0.3, -0.25) is 9.69 Å². The molecule has 0 radical (unpaired) electrons. The normalized spacial score (nSPS) is 22.2. The second-order valence-electron chi connectivity index (χ2n) is 7.10. The Morgan fingerprint density at radius 1 is 1.35 bits per heavy atom. The second kappa shape index (κ2) is 7.95. The Morgan fingerprint density at radius 3 is 2.88 bits per heavy atom. The van der Waals surface area contributed by atoms with Gasteiger partial charge in [-0.15, -0.1) is 0 Å². The van der Waals surface area contributed by atoms with E-state index in [2.05, 4.69) is 17.1 Å². The minimum Gasteiger partial charge on any atom is -0.504 e. The summed E-state index contributed by atoms with van der Waals surface area (Å²) >= 11 is 0. The summed E-state index contributed by atoms with van der Waals surface area (Å²) in [4.78, 5) is 24.7. The van der Waals surface area contributed by atoms with Gasteiger partial charge in [0.05, 0.1) is 0 Å². The monoisotopic (exact) mass is 362 g/mol. The number of aliphatic carboxylic acids is 1. The summed E-state index contributed by atoms with van der Waals surface area (Å²) in [6.07, 6.45) is 4.25. The van der Waals surface area contributed by atoms with Crippen molar-refractivity contribution in [2.75, 3.05) is 19.6 Å². The molecule has 1 aliphatic heterocycles. The fourth-order valence-electron chi connectivity index (χ4n) is 4.24. The van der Waals surface area contributed by atoms with E-state index < -0.39 is 18.6 Å². The van der Waals surface area contributed by atoms with Gasteiger partial charge in [0, 0.05) is 11.6 Å². The quantitative estimate of drug-likeness (QED) is 0.742. The number of carbonyl (C=O) groups is 2. The van der Waals surface area contributed by atoms with Crippen LogP contribution in [0, 0.1) is 5.92 Å². The SMILES string of the molecule is CCCN1CCC[C@@H]2Cc3c(ccc(OC(=O)NCC(=O)O)c3O)CC21. The lowest BCUT2D eigenvalue weighted by atomic mass is 9.75. The lowest BCUT2D eigenvalue weighted by Gasteiger charge is -2.44. The fraction of sp³-hybridized carbons (Fsp3) is 0.579. The summed E-state index contributed by atoms with van der Waals surface area (Å²) in [6, 6.07) is 4.01. The third-order valence-electron chi connectivity index (χ3n) is 5.37. The Balaban J connectivity index is 1.75. The Labute approximate surface area is 152 Å². The molecule has 1 heterocycles. The molecule has 1 amide bonds. The van der Waals surface area contributed by atoms with E-state index in [-0.39, 0.29) is 11.5 Å². The Morgan fingerprint density at radius 2 is 2.15 bits per heavy atom. The van der Waals surface area contributed by atoms with E-state index in [0.29, 0.717) is 12.0 Å². The van der Waals surface area contributed by atoms with Crippen LogP contribution in [0.4, 0.5) is 4.79 Å². The molecule has 3 rings (SSSR count). The number of nitrogens with one attached hydrogen (secondary N) is 1. The van der Waals surface area contributed by atoms with Crippen LogP contribution in [0.15, 0.2) is 12.1 Å². The van der Waals surface area contributed by atoms with Gasteiger partial charge in [0.15, 0.2) is 11.5 Å². The molecule has 2 aliphatic rings. The van der Waals surface area contributed by atoms with Crippen LogP contribution in [0.5, 0.6) is 11.5 Å². The lowest BCUT2D eigenvalue weighted by Crippen LogP contribution is -2.49. The van der Waals surface area contributed by atoms with Crippen molar-refractivity contribution in [3.8, 4) is 11.5 Å². The molecular weight excluding hydrogens is 336 g/mol. The van der Waals surface area contributed by atoms with E-state index in [1.54, 1.807) is 6.07 Å². The van der Waals surface area contributed by atoms with E-state index in [0.717, 1.165) is 49.9 Å². The van der Waals surface area contributed by atoms with Gasteiger partial charge < -0.3 is 20.3 Å².